The summed E-state index contributed by atoms with van der Waals surface area (Å²) < 4.78 is 0. The number of benzene rings is 1. The largest absolute Gasteiger partial charge is 0.299 e. The van der Waals surface area contributed by atoms with Crippen molar-refractivity contribution in [3.8, 4) is 0 Å². The van der Waals surface area contributed by atoms with E-state index in [0.717, 1.165) is 16.5 Å². The molecule has 2 aromatic rings. The molecule has 0 saturated heterocycles. The maximum absolute atomic E-state index is 11.6. The van der Waals surface area contributed by atoms with E-state index in [-0.39, 0.29) is 11.7 Å². The molecule has 2 rings (SSSR count). The first kappa shape index (κ1) is 10.8. The fourth-order valence-electron chi connectivity index (χ4n) is 1.64. The van der Waals surface area contributed by atoms with Crippen molar-refractivity contribution in [2.24, 2.45) is 5.92 Å². The van der Waals surface area contributed by atoms with Crippen molar-refractivity contribution in [3.63, 3.8) is 0 Å². The molecule has 2 nitrogen and oxygen atoms in total. The van der Waals surface area contributed by atoms with E-state index in [1.807, 2.05) is 44.2 Å². The summed E-state index contributed by atoms with van der Waals surface area (Å²) in [5.74, 6) is 0.382. The third kappa shape index (κ3) is 2.27. The van der Waals surface area contributed by atoms with E-state index >= 15 is 0 Å². The Morgan fingerprint density at radius 2 is 2.12 bits per heavy atom. The average Bonchev–Trinajstić information content (AvgIpc) is 2.28. The zero-order valence-electron chi connectivity index (χ0n) is 9.60. The average molecular weight is 213 g/mol. The number of pyridine rings is 1. The van der Waals surface area contributed by atoms with Gasteiger partial charge in [-0.25, -0.2) is 0 Å². The highest BCUT2D eigenvalue weighted by Gasteiger charge is 2.08. The van der Waals surface area contributed by atoms with Gasteiger partial charge in [0, 0.05) is 23.9 Å². The zero-order valence-corrected chi connectivity index (χ0v) is 9.60. The van der Waals surface area contributed by atoms with Crippen molar-refractivity contribution < 1.29 is 4.79 Å². The van der Waals surface area contributed by atoms with E-state index in [4.69, 9.17) is 0 Å². The molecule has 1 aromatic carbocycles. The van der Waals surface area contributed by atoms with Gasteiger partial charge in [-0.3, -0.25) is 9.78 Å². The lowest BCUT2D eigenvalue weighted by Crippen LogP contribution is -2.09. The molecule has 0 aliphatic rings. The maximum atomic E-state index is 11.6. The Hall–Kier alpha value is -1.70. The molecule has 1 heterocycles. The van der Waals surface area contributed by atoms with Gasteiger partial charge in [0.15, 0.2) is 0 Å². The number of carbonyl (C=O) groups excluding carboxylic acids is 1. The van der Waals surface area contributed by atoms with Gasteiger partial charge in [-0.15, -0.1) is 0 Å². The lowest BCUT2D eigenvalue weighted by atomic mass is 10.00. The normalized spacial score (nSPS) is 10.9. The van der Waals surface area contributed by atoms with Crippen molar-refractivity contribution in [1.29, 1.82) is 0 Å². The molecule has 0 aliphatic heterocycles. The molecule has 0 unspecified atom stereocenters. The molecule has 0 N–H and O–H groups in total. The van der Waals surface area contributed by atoms with Crippen LogP contribution in [0.1, 0.15) is 19.4 Å². The summed E-state index contributed by atoms with van der Waals surface area (Å²) in [5.41, 5.74) is 2.04. The fraction of sp³-hybridized carbons (Fsp3) is 0.286. The van der Waals surface area contributed by atoms with Crippen LogP contribution in [0.2, 0.25) is 0 Å². The summed E-state index contributed by atoms with van der Waals surface area (Å²) in [6, 6.07) is 9.93. The maximum Gasteiger partial charge on any atom is 0.139 e. The molecule has 16 heavy (non-hydrogen) atoms. The molecule has 0 bridgehead atoms. The van der Waals surface area contributed by atoms with Crippen LogP contribution in [0.5, 0.6) is 0 Å². The van der Waals surface area contributed by atoms with Crippen molar-refractivity contribution >= 4 is 16.7 Å². The van der Waals surface area contributed by atoms with Crippen LogP contribution >= 0.6 is 0 Å². The molecule has 0 spiro atoms. The first-order valence-electron chi connectivity index (χ1n) is 5.53. The molecular formula is C14H15NO. The fourth-order valence-corrected chi connectivity index (χ4v) is 1.64. The second-order valence-electron chi connectivity index (χ2n) is 4.33. The lowest BCUT2D eigenvalue weighted by molar-refractivity contribution is -0.121. The topological polar surface area (TPSA) is 30.0 Å². The van der Waals surface area contributed by atoms with Gasteiger partial charge in [0.1, 0.15) is 5.78 Å². The second kappa shape index (κ2) is 4.44. The second-order valence-corrected chi connectivity index (χ2v) is 4.33. The summed E-state index contributed by atoms with van der Waals surface area (Å²) in [4.78, 5) is 15.9. The smallest absolute Gasteiger partial charge is 0.139 e. The van der Waals surface area contributed by atoms with Gasteiger partial charge in [0.25, 0.3) is 0 Å². The quantitative estimate of drug-likeness (QED) is 0.784. The molecule has 0 saturated carbocycles. The summed E-state index contributed by atoms with van der Waals surface area (Å²) >= 11 is 0. The Morgan fingerprint density at radius 1 is 1.31 bits per heavy atom. The minimum atomic E-state index is 0.101. The van der Waals surface area contributed by atoms with E-state index in [0.29, 0.717) is 6.42 Å². The van der Waals surface area contributed by atoms with Crippen molar-refractivity contribution in [1.82, 2.24) is 4.98 Å². The van der Waals surface area contributed by atoms with E-state index in [1.54, 1.807) is 6.20 Å². The summed E-state index contributed by atoms with van der Waals surface area (Å²) in [6.07, 6.45) is 2.30. The minimum Gasteiger partial charge on any atom is -0.299 e. The molecule has 0 amide bonds. The van der Waals surface area contributed by atoms with Gasteiger partial charge < -0.3 is 0 Å². The number of Topliss-reactive ketones (excluding diaryl/α,β-unsaturated/α-hetero) is 1. The molecule has 2 heteroatoms. The van der Waals surface area contributed by atoms with Gasteiger partial charge in [-0.05, 0) is 23.8 Å². The molecule has 82 valence electrons. The van der Waals surface area contributed by atoms with Gasteiger partial charge in [0.05, 0.1) is 5.52 Å². The van der Waals surface area contributed by atoms with Crippen molar-refractivity contribution in [2.75, 3.05) is 0 Å². The van der Waals surface area contributed by atoms with Crippen LogP contribution in [-0.2, 0) is 11.2 Å². The SMILES string of the molecule is CC(C)C(=O)Cc1ccc2ncccc2c1. The number of aromatic nitrogens is 1. The number of ketones is 1. The van der Waals surface area contributed by atoms with E-state index in [9.17, 15) is 4.79 Å². The Kier molecular flexibility index (Phi) is 3.00. The Labute approximate surface area is 95.3 Å². The Balaban J connectivity index is 2.29. The monoisotopic (exact) mass is 213 g/mol. The number of nitrogens with zero attached hydrogens (tertiary/aromatic N) is 1. The predicted molar refractivity (Wildman–Crippen MR) is 65.3 cm³/mol. The van der Waals surface area contributed by atoms with Gasteiger partial charge in [0.2, 0.25) is 0 Å². The minimum absolute atomic E-state index is 0.101. The van der Waals surface area contributed by atoms with Crippen LogP contribution in [0.15, 0.2) is 36.5 Å². The zero-order chi connectivity index (χ0) is 11.5. The number of hydrogen-bond donors (Lipinski definition) is 0. The highest BCUT2D eigenvalue weighted by molar-refractivity contribution is 5.85. The van der Waals surface area contributed by atoms with E-state index < -0.39 is 0 Å². The number of fused-ring (bicyclic) bond motifs is 1. The third-order valence-electron chi connectivity index (χ3n) is 2.69. The lowest BCUT2D eigenvalue weighted by Gasteiger charge is -2.05. The number of carbonyl (C=O) groups is 1. The summed E-state index contributed by atoms with van der Waals surface area (Å²) in [7, 11) is 0. The van der Waals surface area contributed by atoms with Gasteiger partial charge in [-0.1, -0.05) is 26.0 Å². The highest BCUT2D eigenvalue weighted by Crippen LogP contribution is 2.14. The summed E-state index contributed by atoms with van der Waals surface area (Å²) in [5, 5.41) is 1.09. The standard InChI is InChI=1S/C14H15NO/c1-10(2)14(16)9-11-5-6-13-12(8-11)4-3-7-15-13/h3-8,10H,9H2,1-2H3. The first-order valence-corrected chi connectivity index (χ1v) is 5.53. The van der Waals surface area contributed by atoms with E-state index in [1.165, 1.54) is 0 Å². The van der Waals surface area contributed by atoms with Crippen LogP contribution in [0.25, 0.3) is 10.9 Å². The third-order valence-corrected chi connectivity index (χ3v) is 2.69. The van der Waals surface area contributed by atoms with Gasteiger partial charge in [-0.2, -0.15) is 0 Å². The number of hydrogen-bond acceptors (Lipinski definition) is 2. The van der Waals surface area contributed by atoms with E-state index in [2.05, 4.69) is 4.98 Å². The highest BCUT2D eigenvalue weighted by atomic mass is 16.1. The molecule has 0 radical (unpaired) electrons. The first-order chi connectivity index (χ1) is 7.66. The number of rotatable bonds is 3. The van der Waals surface area contributed by atoms with Gasteiger partial charge >= 0.3 is 0 Å². The Morgan fingerprint density at radius 3 is 2.88 bits per heavy atom. The van der Waals surface area contributed by atoms with Crippen LogP contribution in [0.3, 0.4) is 0 Å². The molecule has 0 fully saturated rings. The van der Waals surface area contributed by atoms with Crippen LogP contribution in [0.4, 0.5) is 0 Å². The molecular weight excluding hydrogens is 198 g/mol. The Bertz CT molecular complexity index is 517. The van der Waals surface area contributed by atoms with Crippen LogP contribution < -0.4 is 0 Å². The van der Waals surface area contributed by atoms with Crippen LogP contribution in [-0.4, -0.2) is 10.8 Å². The summed E-state index contributed by atoms with van der Waals surface area (Å²) in [6.45, 7) is 3.87. The molecule has 0 atom stereocenters. The van der Waals surface area contributed by atoms with Crippen LogP contribution in [0, 0.1) is 5.92 Å². The predicted octanol–water partition coefficient (Wildman–Crippen LogP) is 3.00. The molecule has 0 aliphatic carbocycles. The van der Waals surface area contributed by atoms with Crippen molar-refractivity contribution in [3.05, 3.63) is 42.1 Å². The van der Waals surface area contributed by atoms with Crippen molar-refractivity contribution in [2.45, 2.75) is 20.3 Å². The molecule has 1 aromatic heterocycles.